The summed E-state index contributed by atoms with van der Waals surface area (Å²) in [6.07, 6.45) is 1.48. The van der Waals surface area contributed by atoms with E-state index in [1.54, 1.807) is 12.1 Å². The van der Waals surface area contributed by atoms with Crippen LogP contribution in [0.2, 0.25) is 0 Å². The van der Waals surface area contributed by atoms with Crippen LogP contribution in [-0.2, 0) is 10.0 Å². The Bertz CT molecular complexity index is 992. The Morgan fingerprint density at radius 2 is 1.72 bits per heavy atom. The van der Waals surface area contributed by atoms with E-state index < -0.39 is 10.0 Å². The molecule has 29 heavy (non-hydrogen) atoms. The maximum Gasteiger partial charge on any atom is 0.253 e. The van der Waals surface area contributed by atoms with E-state index >= 15 is 0 Å². The van der Waals surface area contributed by atoms with Gasteiger partial charge in [-0.3, -0.25) is 4.79 Å². The lowest BCUT2D eigenvalue weighted by atomic mass is 10.1. The Labute approximate surface area is 172 Å². The number of piperazine rings is 1. The van der Waals surface area contributed by atoms with Crippen molar-refractivity contribution in [3.8, 4) is 0 Å². The van der Waals surface area contributed by atoms with Crippen molar-refractivity contribution in [2.45, 2.75) is 18.7 Å². The highest BCUT2D eigenvalue weighted by Crippen LogP contribution is 2.24. The van der Waals surface area contributed by atoms with Crippen molar-refractivity contribution in [3.05, 3.63) is 71.8 Å². The number of nitrogens with zero attached hydrogens (tertiary/aromatic N) is 2. The number of rotatable bonds is 6. The molecule has 1 fully saturated rings. The first-order valence-corrected chi connectivity index (χ1v) is 11.1. The second-order valence-electron chi connectivity index (χ2n) is 7.16. The maximum absolute atomic E-state index is 12.8. The number of carbonyl (C=O) groups is 1. The minimum absolute atomic E-state index is 0.0754. The van der Waals surface area contributed by atoms with Crippen LogP contribution in [-0.4, -0.2) is 51.9 Å². The molecule has 1 saturated heterocycles. The molecule has 6 nitrogen and oxygen atoms in total. The first-order chi connectivity index (χ1) is 13.8. The van der Waals surface area contributed by atoms with Crippen LogP contribution in [0.3, 0.4) is 0 Å². The molecule has 1 N–H and O–H groups in total. The molecule has 0 saturated carbocycles. The average Bonchev–Trinajstić information content (AvgIpc) is 2.74. The molecule has 1 aliphatic heterocycles. The van der Waals surface area contributed by atoms with Crippen LogP contribution in [0.1, 0.15) is 21.5 Å². The highest BCUT2D eigenvalue weighted by molar-refractivity contribution is 7.89. The molecule has 0 radical (unpaired) electrons. The molecule has 154 valence electrons. The van der Waals surface area contributed by atoms with Crippen molar-refractivity contribution >= 4 is 21.6 Å². The number of carbonyl (C=O) groups excluding carboxylic acids is 1. The predicted octanol–water partition coefficient (Wildman–Crippen LogP) is 2.73. The van der Waals surface area contributed by atoms with E-state index in [1.807, 2.05) is 4.90 Å². The molecule has 1 amide bonds. The van der Waals surface area contributed by atoms with Crippen LogP contribution < -0.4 is 9.62 Å². The number of hydrogen-bond donors (Lipinski definition) is 1. The van der Waals surface area contributed by atoms with Gasteiger partial charge in [0, 0.05) is 44.0 Å². The SMILES string of the molecule is C=CCNS(=O)(=O)c1ccc(C(=O)N2CCN(c3cccc(C)c3C)CC2)cc1. The molecule has 7 heteroatoms. The van der Waals surface area contributed by atoms with E-state index in [0.717, 1.165) is 13.1 Å². The summed E-state index contributed by atoms with van der Waals surface area (Å²) in [6.45, 7) is 10.7. The molecule has 2 aromatic rings. The molecule has 0 aromatic heterocycles. The molecule has 3 rings (SSSR count). The summed E-state index contributed by atoms with van der Waals surface area (Å²) >= 11 is 0. The summed E-state index contributed by atoms with van der Waals surface area (Å²) in [7, 11) is -3.59. The number of benzene rings is 2. The van der Waals surface area contributed by atoms with Gasteiger partial charge in [0.15, 0.2) is 0 Å². The van der Waals surface area contributed by atoms with Crippen LogP contribution in [0.4, 0.5) is 5.69 Å². The average molecular weight is 414 g/mol. The topological polar surface area (TPSA) is 69.7 Å². The van der Waals surface area contributed by atoms with Gasteiger partial charge in [-0.15, -0.1) is 6.58 Å². The molecule has 0 spiro atoms. The zero-order valence-corrected chi connectivity index (χ0v) is 17.7. The van der Waals surface area contributed by atoms with Gasteiger partial charge in [-0.1, -0.05) is 18.2 Å². The van der Waals surface area contributed by atoms with Crippen molar-refractivity contribution in [1.82, 2.24) is 9.62 Å². The predicted molar refractivity (Wildman–Crippen MR) is 116 cm³/mol. The van der Waals surface area contributed by atoms with Crippen LogP contribution in [0, 0.1) is 13.8 Å². The molecule has 0 bridgehead atoms. The summed E-state index contributed by atoms with van der Waals surface area (Å²) < 4.78 is 26.7. The fourth-order valence-corrected chi connectivity index (χ4v) is 4.44. The first-order valence-electron chi connectivity index (χ1n) is 9.64. The quantitative estimate of drug-likeness (QED) is 0.740. The van der Waals surface area contributed by atoms with Gasteiger partial charge in [-0.2, -0.15) is 0 Å². The lowest BCUT2D eigenvalue weighted by molar-refractivity contribution is 0.0746. The Balaban J connectivity index is 1.65. The van der Waals surface area contributed by atoms with Gasteiger partial charge in [0.1, 0.15) is 0 Å². The molecule has 1 heterocycles. The highest BCUT2D eigenvalue weighted by Gasteiger charge is 2.23. The van der Waals surface area contributed by atoms with Gasteiger partial charge < -0.3 is 9.80 Å². The van der Waals surface area contributed by atoms with Gasteiger partial charge in [-0.25, -0.2) is 13.1 Å². The van der Waals surface area contributed by atoms with Gasteiger partial charge in [-0.05, 0) is 55.3 Å². The van der Waals surface area contributed by atoms with Gasteiger partial charge in [0.25, 0.3) is 5.91 Å². The van der Waals surface area contributed by atoms with Gasteiger partial charge >= 0.3 is 0 Å². The van der Waals surface area contributed by atoms with E-state index in [2.05, 4.69) is 48.2 Å². The fourth-order valence-electron chi connectivity index (χ4n) is 3.44. The van der Waals surface area contributed by atoms with Crippen LogP contribution in [0.15, 0.2) is 60.0 Å². The molecule has 0 aliphatic carbocycles. The number of anilines is 1. The molecule has 2 aromatic carbocycles. The zero-order chi connectivity index (χ0) is 21.0. The summed E-state index contributed by atoms with van der Waals surface area (Å²) in [6, 6.07) is 12.4. The lowest BCUT2D eigenvalue weighted by Gasteiger charge is -2.37. The van der Waals surface area contributed by atoms with Crippen molar-refractivity contribution in [3.63, 3.8) is 0 Å². The van der Waals surface area contributed by atoms with Gasteiger partial charge in [0.2, 0.25) is 10.0 Å². The Morgan fingerprint density at radius 1 is 1.07 bits per heavy atom. The van der Waals surface area contributed by atoms with Crippen LogP contribution in [0.25, 0.3) is 0 Å². The second-order valence-corrected chi connectivity index (χ2v) is 8.93. The third kappa shape index (κ3) is 4.68. The number of aryl methyl sites for hydroxylation is 1. The number of amides is 1. The Kier molecular flexibility index (Phi) is 6.39. The van der Waals surface area contributed by atoms with Crippen LogP contribution >= 0.6 is 0 Å². The van der Waals surface area contributed by atoms with Crippen molar-refractivity contribution in [2.75, 3.05) is 37.6 Å². The molecule has 1 aliphatic rings. The minimum Gasteiger partial charge on any atom is -0.368 e. The standard InChI is InChI=1S/C22H27N3O3S/c1-4-12-23-29(27,28)20-10-8-19(9-11-20)22(26)25-15-13-24(14-16-25)21-7-5-6-17(2)18(21)3/h4-11,23H,1,12-16H2,2-3H3. The van der Waals surface area contributed by atoms with E-state index in [-0.39, 0.29) is 17.3 Å². The second kappa shape index (κ2) is 8.80. The number of nitrogens with one attached hydrogen (secondary N) is 1. The van der Waals surface area contributed by atoms with Crippen molar-refractivity contribution in [2.24, 2.45) is 0 Å². The van der Waals surface area contributed by atoms with Crippen molar-refractivity contribution < 1.29 is 13.2 Å². The largest absolute Gasteiger partial charge is 0.368 e. The first kappa shape index (κ1) is 21.1. The van der Waals surface area contributed by atoms with E-state index in [4.69, 9.17) is 0 Å². The highest BCUT2D eigenvalue weighted by atomic mass is 32.2. The Hall–Kier alpha value is -2.64. The van der Waals surface area contributed by atoms with E-state index in [0.29, 0.717) is 18.7 Å². The summed E-state index contributed by atoms with van der Waals surface area (Å²) in [5, 5.41) is 0. The summed E-state index contributed by atoms with van der Waals surface area (Å²) in [4.78, 5) is 17.1. The molecular weight excluding hydrogens is 386 g/mol. The maximum atomic E-state index is 12.8. The number of sulfonamides is 1. The monoisotopic (exact) mass is 413 g/mol. The molecule has 0 unspecified atom stereocenters. The zero-order valence-electron chi connectivity index (χ0n) is 16.9. The van der Waals surface area contributed by atoms with Crippen molar-refractivity contribution in [1.29, 1.82) is 0 Å². The summed E-state index contributed by atoms with van der Waals surface area (Å²) in [5.41, 5.74) is 4.25. The Morgan fingerprint density at radius 3 is 2.34 bits per heavy atom. The van der Waals surface area contributed by atoms with E-state index in [1.165, 1.54) is 35.0 Å². The smallest absolute Gasteiger partial charge is 0.253 e. The van der Waals surface area contributed by atoms with Gasteiger partial charge in [0.05, 0.1) is 4.90 Å². The normalized spacial score (nSPS) is 14.7. The lowest BCUT2D eigenvalue weighted by Crippen LogP contribution is -2.49. The minimum atomic E-state index is -3.59. The third-order valence-corrected chi connectivity index (χ3v) is 6.75. The fraction of sp³-hybridized carbons (Fsp3) is 0.318. The van der Waals surface area contributed by atoms with Crippen LogP contribution in [0.5, 0.6) is 0 Å². The third-order valence-electron chi connectivity index (χ3n) is 5.31. The molecular formula is C22H27N3O3S. The van der Waals surface area contributed by atoms with E-state index in [9.17, 15) is 13.2 Å². The number of hydrogen-bond acceptors (Lipinski definition) is 4. The summed E-state index contributed by atoms with van der Waals surface area (Å²) in [5.74, 6) is -0.0754. The molecule has 0 atom stereocenters.